The molecule has 1 heterocycles. The Bertz CT molecular complexity index is 1070. The molecule has 1 unspecified atom stereocenters. The molecule has 1 fully saturated rings. The number of carbonyl (C=O) groups excluding carboxylic acids is 2. The molecule has 5 heteroatoms. The Morgan fingerprint density at radius 2 is 1.24 bits per heavy atom. The second-order valence-corrected chi connectivity index (χ2v) is 7.38. The quantitative estimate of drug-likeness (QED) is 0.678. The van der Waals surface area contributed by atoms with E-state index < -0.39 is 17.7 Å². The van der Waals surface area contributed by atoms with Gasteiger partial charge < -0.3 is 5.11 Å². The first kappa shape index (κ1) is 18.9. The molecule has 0 bridgehead atoms. The first-order valence-corrected chi connectivity index (χ1v) is 9.45. The minimum Gasteiger partial charge on any atom is -0.359 e. The number of rotatable bonds is 3. The van der Waals surface area contributed by atoms with Crippen LogP contribution in [-0.4, -0.2) is 17.0 Å². The number of amides is 3. The van der Waals surface area contributed by atoms with E-state index >= 15 is 0 Å². The van der Waals surface area contributed by atoms with Crippen molar-refractivity contribution in [1.82, 2.24) is 0 Å². The number of anilines is 2. The number of nitrogens with zero attached hydrogens (tertiary/aromatic N) is 2. The number of carbonyl (C=O) groups is 2. The average molecular weight is 386 g/mol. The Kier molecular flexibility index (Phi) is 4.47. The molecule has 1 aliphatic rings. The molecule has 3 aromatic carbocycles. The second-order valence-electron chi connectivity index (χ2n) is 7.38. The first-order valence-electron chi connectivity index (χ1n) is 9.45. The van der Waals surface area contributed by atoms with E-state index in [4.69, 9.17) is 0 Å². The summed E-state index contributed by atoms with van der Waals surface area (Å²) in [7, 11) is 0. The molecule has 5 nitrogen and oxygen atoms in total. The van der Waals surface area contributed by atoms with Crippen LogP contribution in [0.3, 0.4) is 0 Å². The lowest BCUT2D eigenvalue weighted by Gasteiger charge is -2.33. The van der Waals surface area contributed by atoms with Gasteiger partial charge in [-0.3, -0.25) is 9.69 Å². The normalized spacial score (nSPS) is 19.2. The van der Waals surface area contributed by atoms with E-state index in [1.807, 2.05) is 45.0 Å². The summed E-state index contributed by atoms with van der Waals surface area (Å²) in [4.78, 5) is 29.3. The number of para-hydroxylation sites is 2. The molecule has 1 saturated heterocycles. The van der Waals surface area contributed by atoms with Crippen LogP contribution in [0.5, 0.6) is 0 Å². The van der Waals surface area contributed by atoms with E-state index in [9.17, 15) is 14.7 Å². The van der Waals surface area contributed by atoms with Gasteiger partial charge in [0.1, 0.15) is 0 Å². The maximum absolute atomic E-state index is 13.6. The van der Waals surface area contributed by atoms with E-state index in [1.165, 1.54) is 4.90 Å². The van der Waals surface area contributed by atoms with Crippen molar-refractivity contribution in [2.45, 2.75) is 26.5 Å². The average Bonchev–Trinajstić information content (AvgIpc) is 2.88. The van der Waals surface area contributed by atoms with Gasteiger partial charge in [0.15, 0.2) is 0 Å². The molecule has 1 aliphatic heterocycles. The standard InChI is InChI=1S/C24H22N2O3/c1-16-14-17(2)21(18(3)15-16)24(29)22(27)25(19-10-6-4-7-11-19)23(28)26(24)20-12-8-5-9-13-20/h4-15,29H,1-3H3. The highest BCUT2D eigenvalue weighted by Gasteiger charge is 2.60. The fourth-order valence-electron chi connectivity index (χ4n) is 4.20. The highest BCUT2D eigenvalue weighted by molar-refractivity contribution is 6.29. The van der Waals surface area contributed by atoms with E-state index in [-0.39, 0.29) is 0 Å². The van der Waals surface area contributed by atoms with Crippen molar-refractivity contribution in [1.29, 1.82) is 0 Å². The number of imide groups is 1. The van der Waals surface area contributed by atoms with Gasteiger partial charge >= 0.3 is 6.03 Å². The third kappa shape index (κ3) is 2.82. The summed E-state index contributed by atoms with van der Waals surface area (Å²) in [5.74, 6) is -0.687. The summed E-state index contributed by atoms with van der Waals surface area (Å²) in [6, 6.07) is 20.7. The van der Waals surface area contributed by atoms with Crippen molar-refractivity contribution in [3.8, 4) is 0 Å². The van der Waals surface area contributed by atoms with E-state index in [0.717, 1.165) is 21.6 Å². The van der Waals surface area contributed by atoms with Gasteiger partial charge in [-0.1, -0.05) is 54.1 Å². The molecule has 0 aromatic heterocycles. The van der Waals surface area contributed by atoms with Crippen LogP contribution in [-0.2, 0) is 10.5 Å². The van der Waals surface area contributed by atoms with Gasteiger partial charge in [0, 0.05) is 11.3 Å². The minimum atomic E-state index is -2.14. The van der Waals surface area contributed by atoms with Crippen molar-refractivity contribution in [3.63, 3.8) is 0 Å². The number of aliphatic hydroxyl groups is 1. The van der Waals surface area contributed by atoms with Gasteiger partial charge in [-0.15, -0.1) is 0 Å². The molecular weight excluding hydrogens is 364 g/mol. The van der Waals surface area contributed by atoms with Gasteiger partial charge in [-0.05, 0) is 56.2 Å². The first-order chi connectivity index (χ1) is 13.9. The molecule has 3 aromatic rings. The lowest BCUT2D eigenvalue weighted by atomic mass is 9.90. The highest BCUT2D eigenvalue weighted by atomic mass is 16.3. The van der Waals surface area contributed by atoms with Crippen LogP contribution < -0.4 is 9.80 Å². The van der Waals surface area contributed by atoms with Crippen molar-refractivity contribution < 1.29 is 14.7 Å². The zero-order valence-electron chi connectivity index (χ0n) is 16.6. The molecule has 3 amide bonds. The second kappa shape index (κ2) is 6.87. The largest absolute Gasteiger partial charge is 0.359 e. The third-order valence-corrected chi connectivity index (χ3v) is 5.26. The number of benzene rings is 3. The summed E-state index contributed by atoms with van der Waals surface area (Å²) >= 11 is 0. The SMILES string of the molecule is Cc1cc(C)c(C2(O)C(=O)N(c3ccccc3)C(=O)N2c2ccccc2)c(C)c1. The summed E-state index contributed by atoms with van der Waals surface area (Å²) in [6.07, 6.45) is 0. The Labute approximate surface area is 169 Å². The smallest absolute Gasteiger partial charge is 0.339 e. The number of hydrogen-bond donors (Lipinski definition) is 1. The third-order valence-electron chi connectivity index (χ3n) is 5.26. The van der Waals surface area contributed by atoms with Crippen LogP contribution in [0.4, 0.5) is 16.2 Å². The van der Waals surface area contributed by atoms with Gasteiger partial charge in [0.25, 0.3) is 11.6 Å². The predicted molar refractivity (Wildman–Crippen MR) is 113 cm³/mol. The monoisotopic (exact) mass is 386 g/mol. The zero-order valence-corrected chi connectivity index (χ0v) is 16.6. The van der Waals surface area contributed by atoms with Crippen LogP contribution in [0, 0.1) is 20.8 Å². The summed E-state index contributed by atoms with van der Waals surface area (Å²) < 4.78 is 0. The van der Waals surface area contributed by atoms with Crippen LogP contribution >= 0.6 is 0 Å². The highest BCUT2D eigenvalue weighted by Crippen LogP contribution is 2.43. The van der Waals surface area contributed by atoms with Gasteiger partial charge in [-0.25, -0.2) is 9.69 Å². The molecule has 0 aliphatic carbocycles. The van der Waals surface area contributed by atoms with Crippen molar-refractivity contribution in [2.75, 3.05) is 9.80 Å². The molecule has 0 spiro atoms. The number of aryl methyl sites for hydroxylation is 3. The van der Waals surface area contributed by atoms with Crippen molar-refractivity contribution >= 4 is 23.3 Å². The molecule has 4 rings (SSSR count). The molecule has 1 atom stereocenters. The Morgan fingerprint density at radius 3 is 1.76 bits per heavy atom. The Hall–Kier alpha value is -3.44. The van der Waals surface area contributed by atoms with Crippen LogP contribution in [0.2, 0.25) is 0 Å². The molecular formula is C24H22N2O3. The van der Waals surface area contributed by atoms with Crippen LogP contribution in [0.15, 0.2) is 72.8 Å². The zero-order chi connectivity index (χ0) is 20.8. The molecule has 0 radical (unpaired) electrons. The Morgan fingerprint density at radius 1 is 0.759 bits per heavy atom. The lowest BCUT2D eigenvalue weighted by Crippen LogP contribution is -2.48. The maximum atomic E-state index is 13.6. The topological polar surface area (TPSA) is 60.9 Å². The summed E-state index contributed by atoms with van der Waals surface area (Å²) in [5.41, 5.74) is 1.69. The molecule has 146 valence electrons. The van der Waals surface area contributed by atoms with Crippen LogP contribution in [0.25, 0.3) is 0 Å². The van der Waals surface area contributed by atoms with Gasteiger partial charge in [-0.2, -0.15) is 0 Å². The number of hydrogen-bond acceptors (Lipinski definition) is 3. The van der Waals surface area contributed by atoms with Crippen molar-refractivity contribution in [2.24, 2.45) is 0 Å². The minimum absolute atomic E-state index is 0.418. The number of urea groups is 1. The molecule has 1 N–H and O–H groups in total. The lowest BCUT2D eigenvalue weighted by molar-refractivity contribution is -0.133. The fraction of sp³-hybridized carbons (Fsp3) is 0.167. The van der Waals surface area contributed by atoms with E-state index in [2.05, 4.69) is 0 Å². The summed E-state index contributed by atoms with van der Waals surface area (Å²) in [6.45, 7) is 5.65. The van der Waals surface area contributed by atoms with Crippen LogP contribution in [0.1, 0.15) is 22.3 Å². The maximum Gasteiger partial charge on any atom is 0.339 e. The van der Waals surface area contributed by atoms with Crippen molar-refractivity contribution in [3.05, 3.63) is 95.1 Å². The van der Waals surface area contributed by atoms with Gasteiger partial charge in [0.05, 0.1) is 5.69 Å². The van der Waals surface area contributed by atoms with Gasteiger partial charge in [0.2, 0.25) is 0 Å². The fourth-order valence-corrected chi connectivity index (χ4v) is 4.20. The summed E-state index contributed by atoms with van der Waals surface area (Å²) in [5, 5.41) is 11.9. The van der Waals surface area contributed by atoms with E-state index in [0.29, 0.717) is 16.9 Å². The molecule has 29 heavy (non-hydrogen) atoms. The Balaban J connectivity index is 1.99. The molecule has 0 saturated carbocycles. The van der Waals surface area contributed by atoms with E-state index in [1.54, 1.807) is 48.5 Å². The predicted octanol–water partition coefficient (Wildman–Crippen LogP) is 4.43.